The number of carbonyl (C=O) groups excluding carboxylic acids is 3. The lowest BCUT2D eigenvalue weighted by atomic mass is 10.1. The third-order valence-corrected chi connectivity index (χ3v) is 3.86. The molecule has 2 aromatic carbocycles. The van der Waals surface area contributed by atoms with Gasteiger partial charge in [-0.05, 0) is 48.9 Å². The van der Waals surface area contributed by atoms with E-state index in [-0.39, 0.29) is 23.6 Å². The number of rotatable bonds is 7. The minimum atomic E-state index is -0.289. The van der Waals surface area contributed by atoms with Crippen molar-refractivity contribution in [3.63, 3.8) is 0 Å². The van der Waals surface area contributed by atoms with Crippen molar-refractivity contribution in [1.29, 1.82) is 0 Å². The number of hydrogen-bond acceptors (Lipinski definition) is 3. The molecule has 0 radical (unpaired) electrons. The Labute approximate surface area is 159 Å². The van der Waals surface area contributed by atoms with Gasteiger partial charge in [-0.1, -0.05) is 26.8 Å². The molecule has 0 heterocycles. The lowest BCUT2D eigenvalue weighted by Gasteiger charge is -2.10. The first kappa shape index (κ1) is 20.2. The predicted molar refractivity (Wildman–Crippen MR) is 107 cm³/mol. The van der Waals surface area contributed by atoms with Crippen molar-refractivity contribution < 1.29 is 14.4 Å². The van der Waals surface area contributed by atoms with Crippen molar-refractivity contribution in [2.45, 2.75) is 27.2 Å². The Morgan fingerprint density at radius 2 is 1.56 bits per heavy atom. The standard InChI is InChI=1S/C21H25N3O3/c1-4-12-22-20(26)16-6-5-7-18(13-16)24-21(27)15-8-10-17(11-9-15)23-19(25)14(2)3/h5-11,13-14H,4,12H2,1-3H3,(H,22,26)(H,23,25)(H,24,27). The van der Waals surface area contributed by atoms with Gasteiger partial charge in [0.05, 0.1) is 0 Å². The van der Waals surface area contributed by atoms with E-state index in [9.17, 15) is 14.4 Å². The zero-order valence-corrected chi connectivity index (χ0v) is 15.8. The molecule has 2 rings (SSSR count). The van der Waals surface area contributed by atoms with Crippen LogP contribution >= 0.6 is 0 Å². The lowest BCUT2D eigenvalue weighted by Crippen LogP contribution is -2.24. The highest BCUT2D eigenvalue weighted by molar-refractivity contribution is 6.05. The van der Waals surface area contributed by atoms with Gasteiger partial charge in [0.1, 0.15) is 0 Å². The van der Waals surface area contributed by atoms with Crippen molar-refractivity contribution in [2.75, 3.05) is 17.2 Å². The van der Waals surface area contributed by atoms with Crippen LogP contribution in [0.25, 0.3) is 0 Å². The molecular weight excluding hydrogens is 342 g/mol. The van der Waals surface area contributed by atoms with Gasteiger partial charge in [-0.3, -0.25) is 14.4 Å². The summed E-state index contributed by atoms with van der Waals surface area (Å²) in [5.74, 6) is -0.652. The topological polar surface area (TPSA) is 87.3 Å². The number of hydrogen-bond donors (Lipinski definition) is 3. The van der Waals surface area contributed by atoms with E-state index >= 15 is 0 Å². The van der Waals surface area contributed by atoms with Crippen LogP contribution in [0.2, 0.25) is 0 Å². The fraction of sp³-hybridized carbons (Fsp3) is 0.286. The Morgan fingerprint density at radius 3 is 2.19 bits per heavy atom. The highest BCUT2D eigenvalue weighted by Gasteiger charge is 2.10. The van der Waals surface area contributed by atoms with Crippen molar-refractivity contribution in [2.24, 2.45) is 5.92 Å². The predicted octanol–water partition coefficient (Wildman–Crippen LogP) is 3.67. The van der Waals surface area contributed by atoms with Crippen LogP contribution in [-0.4, -0.2) is 24.3 Å². The maximum absolute atomic E-state index is 12.4. The summed E-state index contributed by atoms with van der Waals surface area (Å²) in [4.78, 5) is 36.1. The Bertz CT molecular complexity index is 814. The second-order valence-electron chi connectivity index (χ2n) is 6.51. The molecule has 0 saturated carbocycles. The molecule has 0 fully saturated rings. The molecule has 0 unspecified atom stereocenters. The van der Waals surface area contributed by atoms with Gasteiger partial charge in [-0.15, -0.1) is 0 Å². The first-order chi connectivity index (χ1) is 12.9. The van der Waals surface area contributed by atoms with Crippen LogP contribution in [0.5, 0.6) is 0 Å². The van der Waals surface area contributed by atoms with Crippen LogP contribution in [0.1, 0.15) is 47.9 Å². The molecule has 0 bridgehead atoms. The van der Waals surface area contributed by atoms with E-state index in [0.29, 0.717) is 29.0 Å². The summed E-state index contributed by atoms with van der Waals surface area (Å²) >= 11 is 0. The third kappa shape index (κ3) is 5.95. The summed E-state index contributed by atoms with van der Waals surface area (Å²) in [6.07, 6.45) is 0.857. The molecule has 2 aromatic rings. The van der Waals surface area contributed by atoms with Gasteiger partial charge < -0.3 is 16.0 Å². The molecule has 3 amide bonds. The third-order valence-electron chi connectivity index (χ3n) is 3.86. The summed E-state index contributed by atoms with van der Waals surface area (Å²) in [7, 11) is 0. The van der Waals surface area contributed by atoms with Crippen LogP contribution in [0.4, 0.5) is 11.4 Å². The fourth-order valence-corrected chi connectivity index (χ4v) is 2.27. The monoisotopic (exact) mass is 367 g/mol. The summed E-state index contributed by atoms with van der Waals surface area (Å²) in [5.41, 5.74) is 2.13. The Kier molecular flexibility index (Phi) is 7.11. The lowest BCUT2D eigenvalue weighted by molar-refractivity contribution is -0.118. The molecule has 142 valence electrons. The van der Waals surface area contributed by atoms with E-state index in [2.05, 4.69) is 16.0 Å². The van der Waals surface area contributed by atoms with Gasteiger partial charge in [0, 0.05) is 35.0 Å². The highest BCUT2D eigenvalue weighted by atomic mass is 16.2. The van der Waals surface area contributed by atoms with Gasteiger partial charge in [0.25, 0.3) is 11.8 Å². The molecule has 0 spiro atoms. The van der Waals surface area contributed by atoms with Gasteiger partial charge in [0.2, 0.25) is 5.91 Å². The second kappa shape index (κ2) is 9.52. The highest BCUT2D eigenvalue weighted by Crippen LogP contribution is 2.15. The van der Waals surface area contributed by atoms with E-state index in [4.69, 9.17) is 0 Å². The first-order valence-electron chi connectivity index (χ1n) is 9.01. The summed E-state index contributed by atoms with van der Waals surface area (Å²) in [6, 6.07) is 13.4. The van der Waals surface area contributed by atoms with E-state index in [0.717, 1.165) is 6.42 Å². The maximum Gasteiger partial charge on any atom is 0.255 e. The van der Waals surface area contributed by atoms with Crippen LogP contribution in [0.15, 0.2) is 48.5 Å². The van der Waals surface area contributed by atoms with Crippen molar-refractivity contribution in [1.82, 2.24) is 5.32 Å². The van der Waals surface area contributed by atoms with Gasteiger partial charge in [0.15, 0.2) is 0 Å². The van der Waals surface area contributed by atoms with E-state index in [1.807, 2.05) is 20.8 Å². The molecule has 0 saturated heterocycles. The molecule has 3 N–H and O–H groups in total. The Morgan fingerprint density at radius 1 is 0.852 bits per heavy atom. The smallest absolute Gasteiger partial charge is 0.255 e. The zero-order valence-electron chi connectivity index (χ0n) is 15.8. The van der Waals surface area contributed by atoms with E-state index in [1.165, 1.54) is 0 Å². The molecule has 0 aliphatic rings. The van der Waals surface area contributed by atoms with Crippen LogP contribution in [0, 0.1) is 5.92 Å². The van der Waals surface area contributed by atoms with Gasteiger partial charge in [-0.25, -0.2) is 0 Å². The van der Waals surface area contributed by atoms with Crippen molar-refractivity contribution in [3.8, 4) is 0 Å². The quantitative estimate of drug-likeness (QED) is 0.698. The average molecular weight is 367 g/mol. The largest absolute Gasteiger partial charge is 0.352 e. The fourth-order valence-electron chi connectivity index (χ4n) is 2.27. The van der Waals surface area contributed by atoms with Crippen LogP contribution in [-0.2, 0) is 4.79 Å². The summed E-state index contributed by atoms with van der Waals surface area (Å²) in [6.45, 7) is 6.22. The Hall–Kier alpha value is -3.15. The minimum absolute atomic E-state index is 0.0784. The van der Waals surface area contributed by atoms with Crippen LogP contribution < -0.4 is 16.0 Å². The molecule has 6 nitrogen and oxygen atoms in total. The van der Waals surface area contributed by atoms with Gasteiger partial charge >= 0.3 is 0 Å². The summed E-state index contributed by atoms with van der Waals surface area (Å²) < 4.78 is 0. The second-order valence-corrected chi connectivity index (χ2v) is 6.51. The van der Waals surface area contributed by atoms with Crippen molar-refractivity contribution in [3.05, 3.63) is 59.7 Å². The minimum Gasteiger partial charge on any atom is -0.352 e. The Balaban J connectivity index is 2.02. The maximum atomic E-state index is 12.4. The summed E-state index contributed by atoms with van der Waals surface area (Å²) in [5, 5.41) is 8.36. The number of anilines is 2. The molecule has 27 heavy (non-hydrogen) atoms. The number of amides is 3. The van der Waals surface area contributed by atoms with Gasteiger partial charge in [-0.2, -0.15) is 0 Å². The number of nitrogens with one attached hydrogen (secondary N) is 3. The first-order valence-corrected chi connectivity index (χ1v) is 9.01. The molecule has 6 heteroatoms. The zero-order chi connectivity index (χ0) is 19.8. The molecule has 0 aliphatic carbocycles. The van der Waals surface area contributed by atoms with Crippen LogP contribution in [0.3, 0.4) is 0 Å². The average Bonchev–Trinajstić information content (AvgIpc) is 2.66. The molecule has 0 aromatic heterocycles. The molecule has 0 aliphatic heterocycles. The van der Waals surface area contributed by atoms with E-state index < -0.39 is 0 Å². The number of carbonyl (C=O) groups is 3. The van der Waals surface area contributed by atoms with E-state index in [1.54, 1.807) is 48.5 Å². The SMILES string of the molecule is CCCNC(=O)c1cccc(NC(=O)c2ccc(NC(=O)C(C)C)cc2)c1. The normalized spacial score (nSPS) is 10.4. The molecule has 0 atom stereocenters. The molecular formula is C21H25N3O3. The van der Waals surface area contributed by atoms with Crippen molar-refractivity contribution >= 4 is 29.1 Å². The number of benzene rings is 2.